The average molecular weight is 491 g/mol. The molecule has 0 amide bonds. The Morgan fingerprint density at radius 2 is 1.80 bits per heavy atom. The summed E-state index contributed by atoms with van der Waals surface area (Å²) in [4.78, 5) is 11.1. The van der Waals surface area contributed by atoms with Crippen molar-refractivity contribution in [2.45, 2.75) is 20.1 Å². The topological polar surface area (TPSA) is 67.8 Å². The van der Waals surface area contributed by atoms with Crippen molar-refractivity contribution in [2.24, 2.45) is 0 Å². The fourth-order valence-corrected chi connectivity index (χ4v) is 3.55. The second-order valence-corrected chi connectivity index (χ2v) is 7.71. The number of ether oxygens (including phenoxy) is 2. The molecule has 0 aliphatic heterocycles. The van der Waals surface area contributed by atoms with Gasteiger partial charge in [-0.3, -0.25) is 0 Å². The smallest absolute Gasteiger partial charge is 0.337 e. The van der Waals surface area contributed by atoms with E-state index in [1.165, 1.54) is 6.07 Å². The zero-order valence-electron chi connectivity index (χ0n) is 16.3. The SMILES string of the molecule is CCOc1cc(CNc2ccc(C(=O)O)c(Cl)c2)c(Br)cc1OCc1ccccc1. The van der Waals surface area contributed by atoms with Gasteiger partial charge in [-0.1, -0.05) is 57.9 Å². The number of halogens is 2. The summed E-state index contributed by atoms with van der Waals surface area (Å²) < 4.78 is 12.6. The summed E-state index contributed by atoms with van der Waals surface area (Å²) in [6, 6.07) is 18.5. The average Bonchev–Trinajstić information content (AvgIpc) is 2.73. The Bertz CT molecular complexity index is 1030. The summed E-state index contributed by atoms with van der Waals surface area (Å²) in [7, 11) is 0. The molecule has 3 aromatic carbocycles. The minimum absolute atomic E-state index is 0.0712. The normalized spacial score (nSPS) is 10.5. The highest BCUT2D eigenvalue weighted by atomic mass is 79.9. The van der Waals surface area contributed by atoms with Crippen LogP contribution in [0.2, 0.25) is 5.02 Å². The van der Waals surface area contributed by atoms with E-state index in [1.54, 1.807) is 12.1 Å². The van der Waals surface area contributed by atoms with Crippen molar-refractivity contribution < 1.29 is 19.4 Å². The highest BCUT2D eigenvalue weighted by molar-refractivity contribution is 9.10. The minimum Gasteiger partial charge on any atom is -0.490 e. The van der Waals surface area contributed by atoms with E-state index >= 15 is 0 Å². The first-order valence-corrected chi connectivity index (χ1v) is 10.5. The predicted octanol–water partition coefficient (Wildman–Crippen LogP) is 6.39. The zero-order chi connectivity index (χ0) is 21.5. The summed E-state index contributed by atoms with van der Waals surface area (Å²) in [5.41, 5.74) is 2.83. The van der Waals surface area contributed by atoms with Crippen LogP contribution in [0, 0.1) is 0 Å². The maximum atomic E-state index is 11.1. The second-order valence-electron chi connectivity index (χ2n) is 6.45. The molecule has 0 aromatic heterocycles. The summed E-state index contributed by atoms with van der Waals surface area (Å²) in [5, 5.41) is 12.5. The van der Waals surface area contributed by atoms with E-state index in [1.807, 2.05) is 49.4 Å². The fraction of sp³-hybridized carbons (Fsp3) is 0.174. The molecule has 0 spiro atoms. The molecule has 0 bridgehead atoms. The molecule has 0 fully saturated rings. The Hall–Kier alpha value is -2.70. The summed E-state index contributed by atoms with van der Waals surface area (Å²) in [6.07, 6.45) is 0. The van der Waals surface area contributed by atoms with E-state index in [0.29, 0.717) is 31.3 Å². The van der Waals surface area contributed by atoms with Crippen LogP contribution in [0.1, 0.15) is 28.4 Å². The van der Waals surface area contributed by atoms with Gasteiger partial charge in [-0.15, -0.1) is 0 Å². The molecule has 3 aromatic rings. The molecule has 0 aliphatic rings. The molecule has 30 heavy (non-hydrogen) atoms. The number of hydrogen-bond donors (Lipinski definition) is 2. The molecule has 7 heteroatoms. The molecule has 5 nitrogen and oxygen atoms in total. The van der Waals surface area contributed by atoms with Gasteiger partial charge in [0.1, 0.15) is 6.61 Å². The van der Waals surface area contributed by atoms with E-state index in [4.69, 9.17) is 26.2 Å². The number of anilines is 1. The van der Waals surface area contributed by atoms with Gasteiger partial charge in [-0.2, -0.15) is 0 Å². The number of benzene rings is 3. The van der Waals surface area contributed by atoms with Crippen LogP contribution in [0.4, 0.5) is 5.69 Å². The van der Waals surface area contributed by atoms with Crippen LogP contribution in [0.3, 0.4) is 0 Å². The lowest BCUT2D eigenvalue weighted by molar-refractivity contribution is 0.0697. The maximum Gasteiger partial charge on any atom is 0.337 e. The number of rotatable bonds is 9. The van der Waals surface area contributed by atoms with Gasteiger partial charge in [-0.25, -0.2) is 4.79 Å². The molecule has 0 aliphatic carbocycles. The number of hydrogen-bond acceptors (Lipinski definition) is 4. The number of aromatic carboxylic acids is 1. The number of carboxylic acid groups (broad SMARTS) is 1. The predicted molar refractivity (Wildman–Crippen MR) is 122 cm³/mol. The monoisotopic (exact) mass is 489 g/mol. The Labute approximate surface area is 188 Å². The van der Waals surface area contributed by atoms with Gasteiger partial charge < -0.3 is 19.9 Å². The van der Waals surface area contributed by atoms with Crippen molar-refractivity contribution in [3.05, 3.63) is 86.8 Å². The standard InChI is InChI=1S/C23H21BrClNO4/c1-2-29-21-10-16(13-26-17-8-9-18(23(27)28)20(25)11-17)19(24)12-22(21)30-14-15-6-4-3-5-7-15/h3-12,26H,2,13-14H2,1H3,(H,27,28). The van der Waals surface area contributed by atoms with Crippen molar-refractivity contribution in [2.75, 3.05) is 11.9 Å². The van der Waals surface area contributed by atoms with Crippen LogP contribution in [0.15, 0.2) is 65.1 Å². The second kappa shape index (κ2) is 10.4. The molecule has 2 N–H and O–H groups in total. The molecule has 0 heterocycles. The van der Waals surface area contributed by atoms with Crippen LogP contribution in [-0.4, -0.2) is 17.7 Å². The van der Waals surface area contributed by atoms with E-state index in [2.05, 4.69) is 21.2 Å². The summed E-state index contributed by atoms with van der Waals surface area (Å²) >= 11 is 9.64. The van der Waals surface area contributed by atoms with Crippen LogP contribution in [-0.2, 0) is 13.2 Å². The van der Waals surface area contributed by atoms with Crippen molar-refractivity contribution in [3.8, 4) is 11.5 Å². The van der Waals surface area contributed by atoms with Gasteiger partial charge >= 0.3 is 5.97 Å². The molecule has 0 saturated heterocycles. The third kappa shape index (κ3) is 5.68. The van der Waals surface area contributed by atoms with Crippen molar-refractivity contribution in [3.63, 3.8) is 0 Å². The molecule has 156 valence electrons. The number of carbonyl (C=O) groups is 1. The molecule has 0 radical (unpaired) electrons. The Morgan fingerprint density at radius 3 is 2.47 bits per heavy atom. The van der Waals surface area contributed by atoms with Crippen LogP contribution in [0.25, 0.3) is 0 Å². The molecule has 0 saturated carbocycles. The first kappa shape index (κ1) is 22.0. The van der Waals surface area contributed by atoms with E-state index < -0.39 is 5.97 Å². The van der Waals surface area contributed by atoms with Gasteiger partial charge in [0.15, 0.2) is 11.5 Å². The van der Waals surface area contributed by atoms with Gasteiger partial charge in [0, 0.05) is 16.7 Å². The Balaban J connectivity index is 1.74. The van der Waals surface area contributed by atoms with Gasteiger partial charge in [0.25, 0.3) is 0 Å². The van der Waals surface area contributed by atoms with Crippen molar-refractivity contribution in [1.29, 1.82) is 0 Å². The summed E-state index contributed by atoms with van der Waals surface area (Å²) in [5.74, 6) is 0.264. The zero-order valence-corrected chi connectivity index (χ0v) is 18.7. The van der Waals surface area contributed by atoms with Gasteiger partial charge in [-0.05, 0) is 48.4 Å². The van der Waals surface area contributed by atoms with Crippen LogP contribution < -0.4 is 14.8 Å². The largest absolute Gasteiger partial charge is 0.490 e. The van der Waals surface area contributed by atoms with E-state index in [9.17, 15) is 4.79 Å². The molecule has 0 atom stereocenters. The Kier molecular flexibility index (Phi) is 7.60. The first-order chi connectivity index (χ1) is 14.5. The van der Waals surface area contributed by atoms with Crippen molar-refractivity contribution in [1.82, 2.24) is 0 Å². The molecule has 0 unspecified atom stereocenters. The Morgan fingerprint density at radius 1 is 1.07 bits per heavy atom. The first-order valence-electron chi connectivity index (χ1n) is 9.36. The van der Waals surface area contributed by atoms with Crippen LogP contribution in [0.5, 0.6) is 11.5 Å². The van der Waals surface area contributed by atoms with E-state index in [-0.39, 0.29) is 10.6 Å². The highest BCUT2D eigenvalue weighted by Gasteiger charge is 2.13. The molecular formula is C23H21BrClNO4. The molecule has 3 rings (SSSR count). The maximum absolute atomic E-state index is 11.1. The van der Waals surface area contributed by atoms with Crippen LogP contribution >= 0.6 is 27.5 Å². The fourth-order valence-electron chi connectivity index (χ4n) is 2.82. The summed E-state index contributed by atoms with van der Waals surface area (Å²) in [6.45, 7) is 3.37. The lowest BCUT2D eigenvalue weighted by Crippen LogP contribution is -2.05. The number of nitrogens with one attached hydrogen (secondary N) is 1. The molecular weight excluding hydrogens is 470 g/mol. The third-order valence-corrected chi connectivity index (χ3v) is 5.38. The lowest BCUT2D eigenvalue weighted by Gasteiger charge is -2.16. The van der Waals surface area contributed by atoms with E-state index in [0.717, 1.165) is 21.3 Å². The quantitative estimate of drug-likeness (QED) is 0.364. The minimum atomic E-state index is -1.05. The van der Waals surface area contributed by atoms with Gasteiger partial charge in [0.05, 0.1) is 17.2 Å². The number of carboxylic acids is 1. The highest BCUT2D eigenvalue weighted by Crippen LogP contribution is 2.35. The van der Waals surface area contributed by atoms with Crippen molar-refractivity contribution >= 4 is 39.2 Å². The van der Waals surface area contributed by atoms with Gasteiger partial charge in [0.2, 0.25) is 0 Å². The third-order valence-electron chi connectivity index (χ3n) is 4.33. The lowest BCUT2D eigenvalue weighted by atomic mass is 10.1.